The second kappa shape index (κ2) is 9.02. The summed E-state index contributed by atoms with van der Waals surface area (Å²) < 4.78 is 57.4. The number of nitrogens with zero attached hydrogens (tertiary/aromatic N) is 2. The molecule has 3 rings (SSSR count). The maximum atomic E-state index is 14.2. The van der Waals surface area contributed by atoms with Gasteiger partial charge in [0.05, 0.1) is 6.04 Å². The lowest BCUT2D eigenvalue weighted by Gasteiger charge is -2.56. The van der Waals surface area contributed by atoms with Gasteiger partial charge in [0.15, 0.2) is 5.60 Å². The highest BCUT2D eigenvalue weighted by Gasteiger charge is 2.66. The van der Waals surface area contributed by atoms with Crippen LogP contribution in [0.15, 0.2) is 30.3 Å². The van der Waals surface area contributed by atoms with Gasteiger partial charge in [-0.1, -0.05) is 55.1 Å². The summed E-state index contributed by atoms with van der Waals surface area (Å²) in [5.74, 6) is -1.41. The standard InChI is InChI=1S/C18H26F3N2O3P3/c1-25-17(18(19,20)21,13-7-3-2-4-8-13)15(24)26-16(11-22(27)12-16)14-9-5-6-10-23(14)29-28/h2-4,7-8,14,29H,5-6,9-12,27-28H2,1H3/t14-,17+/m1/s1. The van der Waals surface area contributed by atoms with Crippen molar-refractivity contribution in [2.75, 3.05) is 26.7 Å². The molecule has 1 aromatic carbocycles. The van der Waals surface area contributed by atoms with E-state index in [9.17, 15) is 18.0 Å². The fourth-order valence-corrected chi connectivity index (χ4v) is 6.64. The topological polar surface area (TPSA) is 42.0 Å². The minimum atomic E-state index is -4.97. The maximum Gasteiger partial charge on any atom is 0.432 e. The summed E-state index contributed by atoms with van der Waals surface area (Å²) in [4.78, 5) is 13.2. The van der Waals surface area contributed by atoms with E-state index < -0.39 is 23.3 Å². The highest BCUT2D eigenvalue weighted by atomic mass is 32.0. The number of hydrogen-bond acceptors (Lipinski definition) is 5. The minimum absolute atomic E-state index is 0.119. The number of alkyl halides is 3. The van der Waals surface area contributed by atoms with Crippen molar-refractivity contribution in [1.82, 2.24) is 9.34 Å². The Labute approximate surface area is 175 Å². The van der Waals surface area contributed by atoms with Crippen LogP contribution >= 0.6 is 26.7 Å². The molecular weight excluding hydrogens is 442 g/mol. The number of halogens is 3. The first kappa shape index (κ1) is 23.3. The monoisotopic (exact) mass is 468 g/mol. The first-order chi connectivity index (χ1) is 13.7. The van der Waals surface area contributed by atoms with Crippen LogP contribution in [0.3, 0.4) is 0 Å². The highest BCUT2D eigenvalue weighted by Crippen LogP contribution is 2.48. The van der Waals surface area contributed by atoms with Crippen molar-refractivity contribution in [2.45, 2.75) is 42.7 Å². The number of hydrogen-bond donors (Lipinski definition) is 0. The molecule has 162 valence electrons. The van der Waals surface area contributed by atoms with Crippen LogP contribution in [0.5, 0.6) is 0 Å². The van der Waals surface area contributed by atoms with E-state index in [1.165, 1.54) is 24.3 Å². The molecule has 0 spiro atoms. The minimum Gasteiger partial charge on any atom is -0.452 e. The molecule has 2 fully saturated rings. The van der Waals surface area contributed by atoms with Gasteiger partial charge in [-0.15, -0.1) is 0 Å². The van der Waals surface area contributed by atoms with Crippen LogP contribution in [-0.4, -0.2) is 59.9 Å². The lowest BCUT2D eigenvalue weighted by molar-refractivity contribution is -0.286. The summed E-state index contributed by atoms with van der Waals surface area (Å²) in [6.07, 6.45) is -2.20. The van der Waals surface area contributed by atoms with Crippen molar-refractivity contribution in [1.29, 1.82) is 0 Å². The van der Waals surface area contributed by atoms with Gasteiger partial charge in [0, 0.05) is 32.3 Å². The second-order valence-electron chi connectivity index (χ2n) is 7.44. The van der Waals surface area contributed by atoms with Crippen molar-refractivity contribution >= 4 is 32.7 Å². The fraction of sp³-hybridized carbons (Fsp3) is 0.611. The van der Waals surface area contributed by atoms with E-state index >= 15 is 0 Å². The smallest absolute Gasteiger partial charge is 0.432 e. The molecule has 0 bridgehead atoms. The summed E-state index contributed by atoms with van der Waals surface area (Å²) in [6.45, 7) is 1.58. The molecule has 0 N–H and O–H groups in total. The van der Waals surface area contributed by atoms with Gasteiger partial charge in [-0.3, -0.25) is 9.34 Å². The molecule has 3 unspecified atom stereocenters. The van der Waals surface area contributed by atoms with E-state index in [2.05, 4.69) is 23.0 Å². The first-order valence-electron chi connectivity index (χ1n) is 9.33. The maximum absolute atomic E-state index is 14.2. The number of benzene rings is 1. The Kier molecular flexibility index (Phi) is 7.26. The van der Waals surface area contributed by atoms with Crippen molar-refractivity contribution in [3.8, 4) is 0 Å². The number of methoxy groups -OCH3 is 1. The number of rotatable bonds is 6. The Morgan fingerprint density at radius 2 is 1.90 bits per heavy atom. The summed E-state index contributed by atoms with van der Waals surface area (Å²) >= 11 is 0. The molecule has 29 heavy (non-hydrogen) atoms. The van der Waals surface area contributed by atoms with Crippen LogP contribution < -0.4 is 0 Å². The third-order valence-corrected chi connectivity index (χ3v) is 7.91. The normalized spacial score (nSPS) is 25.5. The van der Waals surface area contributed by atoms with Gasteiger partial charge in [-0.25, -0.2) is 4.79 Å². The number of ether oxygens (including phenoxy) is 2. The predicted molar refractivity (Wildman–Crippen MR) is 114 cm³/mol. The molecule has 0 radical (unpaired) electrons. The Bertz CT molecular complexity index is 719. The Balaban J connectivity index is 1.97. The molecule has 0 aromatic heterocycles. The number of carbonyl (C=O) groups excluding carboxylic acids is 1. The molecule has 5 nitrogen and oxygen atoms in total. The summed E-state index contributed by atoms with van der Waals surface area (Å²) in [5, 5.41) is 0. The first-order valence-corrected chi connectivity index (χ1v) is 12.6. The lowest BCUT2D eigenvalue weighted by Crippen LogP contribution is -2.71. The quantitative estimate of drug-likeness (QED) is 0.471. The van der Waals surface area contributed by atoms with Crippen molar-refractivity contribution in [2.24, 2.45) is 0 Å². The molecule has 0 aliphatic carbocycles. The molecular formula is C18H26F3N2O3P3. The van der Waals surface area contributed by atoms with E-state index in [4.69, 9.17) is 9.47 Å². The number of carbonyl (C=O) groups is 1. The predicted octanol–water partition coefficient (Wildman–Crippen LogP) is 3.72. The Morgan fingerprint density at radius 3 is 2.41 bits per heavy atom. The van der Waals surface area contributed by atoms with Crippen molar-refractivity contribution in [3.63, 3.8) is 0 Å². The van der Waals surface area contributed by atoms with E-state index in [1.54, 1.807) is 6.07 Å². The fourth-order valence-electron chi connectivity index (χ4n) is 4.26. The van der Waals surface area contributed by atoms with Gasteiger partial charge in [0.2, 0.25) is 0 Å². The zero-order valence-corrected chi connectivity index (χ0v) is 19.4. The SMILES string of the molecule is CO[C@](C(=O)OC1([C@H]2CCCCN2PP)CN(P)C1)(c1ccccc1)C(F)(F)F. The molecule has 5 atom stereocenters. The largest absolute Gasteiger partial charge is 0.452 e. The summed E-state index contributed by atoms with van der Waals surface area (Å²) in [7, 11) is 6.53. The van der Waals surface area contributed by atoms with Gasteiger partial charge >= 0.3 is 12.1 Å². The van der Waals surface area contributed by atoms with Crippen molar-refractivity contribution in [3.05, 3.63) is 35.9 Å². The number of piperidine rings is 1. The van der Waals surface area contributed by atoms with Gasteiger partial charge in [0.25, 0.3) is 5.60 Å². The second-order valence-corrected chi connectivity index (χ2v) is 9.78. The summed E-state index contributed by atoms with van der Waals surface area (Å²) in [5.41, 5.74) is -4.44. The zero-order valence-electron chi connectivity index (χ0n) is 16.1. The molecule has 2 saturated heterocycles. The van der Waals surface area contributed by atoms with E-state index in [1.807, 2.05) is 4.67 Å². The van der Waals surface area contributed by atoms with Crippen LogP contribution in [0, 0.1) is 0 Å². The van der Waals surface area contributed by atoms with Gasteiger partial charge in [-0.05, 0) is 21.3 Å². The number of esters is 1. The zero-order chi connectivity index (χ0) is 21.3. The van der Waals surface area contributed by atoms with E-state index in [0.717, 1.165) is 32.9 Å². The van der Waals surface area contributed by atoms with E-state index in [-0.39, 0.29) is 11.6 Å². The van der Waals surface area contributed by atoms with Crippen LogP contribution in [0.2, 0.25) is 0 Å². The third-order valence-electron chi connectivity index (χ3n) is 5.69. The van der Waals surface area contributed by atoms with Crippen molar-refractivity contribution < 1.29 is 27.4 Å². The molecule has 11 heteroatoms. The Hall–Kier alpha value is -0.350. The molecule has 2 aliphatic rings. The summed E-state index contributed by atoms with van der Waals surface area (Å²) in [6, 6.07) is 6.85. The van der Waals surface area contributed by atoms with Gasteiger partial charge in [0.1, 0.15) is 0 Å². The Morgan fingerprint density at radius 1 is 1.24 bits per heavy atom. The molecule has 1 aromatic rings. The van der Waals surface area contributed by atoms with Gasteiger partial charge in [-0.2, -0.15) is 13.2 Å². The average molecular weight is 468 g/mol. The lowest BCUT2D eigenvalue weighted by atomic mass is 9.82. The highest BCUT2D eigenvalue weighted by molar-refractivity contribution is 8.01. The molecule has 0 saturated carbocycles. The van der Waals surface area contributed by atoms with Crippen LogP contribution in [-0.2, 0) is 19.9 Å². The molecule has 2 heterocycles. The van der Waals surface area contributed by atoms with Crippen LogP contribution in [0.4, 0.5) is 13.2 Å². The third kappa shape index (κ3) is 4.22. The van der Waals surface area contributed by atoms with E-state index in [0.29, 0.717) is 21.5 Å². The molecule has 0 amide bonds. The van der Waals surface area contributed by atoms with Crippen LogP contribution in [0.25, 0.3) is 0 Å². The average Bonchev–Trinajstić information content (AvgIpc) is 2.67. The molecule has 2 aliphatic heterocycles. The van der Waals surface area contributed by atoms with Gasteiger partial charge < -0.3 is 9.47 Å². The van der Waals surface area contributed by atoms with Crippen LogP contribution in [0.1, 0.15) is 24.8 Å².